The number of carboxylic acids is 1. The van der Waals surface area contributed by atoms with Crippen LogP contribution in [0.15, 0.2) is 30.3 Å². The van der Waals surface area contributed by atoms with Crippen LogP contribution in [0.2, 0.25) is 0 Å². The Morgan fingerprint density at radius 3 is 2.20 bits per heavy atom. The predicted molar refractivity (Wildman–Crippen MR) is 74.0 cm³/mol. The van der Waals surface area contributed by atoms with Gasteiger partial charge in [0, 0.05) is 5.92 Å². The molecule has 2 N–H and O–H groups in total. The van der Waals surface area contributed by atoms with Crippen molar-refractivity contribution in [1.29, 1.82) is 5.41 Å². The van der Waals surface area contributed by atoms with Crippen LogP contribution in [0, 0.1) is 11.3 Å². The summed E-state index contributed by atoms with van der Waals surface area (Å²) in [6, 6.07) is 8.73. The highest BCUT2D eigenvalue weighted by molar-refractivity contribution is 6.66. The molecule has 0 aromatic heterocycles. The van der Waals surface area contributed by atoms with Gasteiger partial charge in [-0.25, -0.2) is 0 Å². The van der Waals surface area contributed by atoms with Crippen molar-refractivity contribution in [2.45, 2.75) is 26.2 Å². The van der Waals surface area contributed by atoms with Crippen molar-refractivity contribution >= 4 is 23.2 Å². The molecule has 20 heavy (non-hydrogen) atoms. The summed E-state index contributed by atoms with van der Waals surface area (Å²) in [4.78, 5) is 34.9. The molecule has 0 aliphatic rings. The van der Waals surface area contributed by atoms with Crippen molar-refractivity contribution in [2.24, 2.45) is 5.92 Å². The van der Waals surface area contributed by atoms with Crippen LogP contribution >= 0.6 is 0 Å². The van der Waals surface area contributed by atoms with E-state index in [1.54, 1.807) is 44.2 Å². The van der Waals surface area contributed by atoms with Crippen LogP contribution in [-0.2, 0) is 14.4 Å². The third kappa shape index (κ3) is 3.38. The van der Waals surface area contributed by atoms with Crippen LogP contribution < -0.4 is 0 Å². The van der Waals surface area contributed by atoms with Crippen molar-refractivity contribution in [2.75, 3.05) is 0 Å². The smallest absolute Gasteiger partial charge is 0.312 e. The maximum atomic E-state index is 12.0. The minimum atomic E-state index is -1.26. The first-order valence-electron chi connectivity index (χ1n) is 6.34. The molecule has 0 heterocycles. The van der Waals surface area contributed by atoms with Gasteiger partial charge in [-0.05, 0) is 12.0 Å². The maximum Gasteiger partial charge on any atom is 0.312 e. The van der Waals surface area contributed by atoms with E-state index in [2.05, 4.69) is 0 Å². The van der Waals surface area contributed by atoms with Crippen molar-refractivity contribution in [1.82, 2.24) is 0 Å². The molecule has 0 saturated carbocycles. The molecule has 0 amide bonds. The van der Waals surface area contributed by atoms with E-state index < -0.39 is 35.1 Å². The van der Waals surface area contributed by atoms with E-state index in [1.165, 1.54) is 0 Å². The van der Waals surface area contributed by atoms with E-state index in [0.717, 1.165) is 0 Å². The number of ketones is 2. The number of carboxylic acid groups (broad SMARTS) is 1. The Hall–Kier alpha value is -2.30. The van der Waals surface area contributed by atoms with E-state index in [4.69, 9.17) is 10.5 Å². The summed E-state index contributed by atoms with van der Waals surface area (Å²) in [6.07, 6.45) is 0.104. The van der Waals surface area contributed by atoms with Gasteiger partial charge in [0.25, 0.3) is 0 Å². The molecule has 0 radical (unpaired) electrons. The summed E-state index contributed by atoms with van der Waals surface area (Å²) >= 11 is 0. The van der Waals surface area contributed by atoms with Gasteiger partial charge in [0.05, 0.1) is 5.71 Å². The SMILES string of the molecule is CC[C@@H](C(=N)C(=O)C(=O)C(C)c1ccccc1)C(=O)O. The first-order chi connectivity index (χ1) is 9.40. The lowest BCUT2D eigenvalue weighted by atomic mass is 9.88. The fourth-order valence-corrected chi connectivity index (χ4v) is 1.88. The van der Waals surface area contributed by atoms with Gasteiger partial charge in [0.2, 0.25) is 11.6 Å². The Bertz CT molecular complexity index is 536. The first-order valence-corrected chi connectivity index (χ1v) is 6.34. The number of nitrogens with one attached hydrogen (secondary N) is 1. The van der Waals surface area contributed by atoms with E-state index in [0.29, 0.717) is 5.56 Å². The van der Waals surface area contributed by atoms with Gasteiger partial charge in [0.15, 0.2) is 0 Å². The van der Waals surface area contributed by atoms with Crippen LogP contribution in [0.3, 0.4) is 0 Å². The highest BCUT2D eigenvalue weighted by Crippen LogP contribution is 2.17. The topological polar surface area (TPSA) is 95.3 Å². The van der Waals surface area contributed by atoms with Gasteiger partial charge in [-0.15, -0.1) is 0 Å². The second-order valence-electron chi connectivity index (χ2n) is 4.54. The molecule has 1 unspecified atom stereocenters. The van der Waals surface area contributed by atoms with E-state index in [-0.39, 0.29) is 6.42 Å². The van der Waals surface area contributed by atoms with Gasteiger partial charge < -0.3 is 10.5 Å². The molecular weight excluding hydrogens is 258 g/mol. The summed E-state index contributed by atoms with van der Waals surface area (Å²) in [6.45, 7) is 3.14. The molecule has 0 aliphatic carbocycles. The normalized spacial score (nSPS) is 13.3. The average molecular weight is 275 g/mol. The summed E-state index contributed by atoms with van der Waals surface area (Å²) in [5, 5.41) is 16.5. The van der Waals surface area contributed by atoms with Crippen LogP contribution in [0.25, 0.3) is 0 Å². The first kappa shape index (κ1) is 15.8. The fourth-order valence-electron chi connectivity index (χ4n) is 1.88. The quantitative estimate of drug-likeness (QED) is 0.588. The van der Waals surface area contributed by atoms with Crippen LogP contribution in [0.4, 0.5) is 0 Å². The lowest BCUT2D eigenvalue weighted by Gasteiger charge is -2.13. The van der Waals surface area contributed by atoms with Gasteiger partial charge in [-0.3, -0.25) is 14.4 Å². The molecule has 0 saturated heterocycles. The van der Waals surface area contributed by atoms with Crippen molar-refractivity contribution in [3.63, 3.8) is 0 Å². The molecule has 0 aliphatic heterocycles. The van der Waals surface area contributed by atoms with Crippen LogP contribution in [0.5, 0.6) is 0 Å². The van der Waals surface area contributed by atoms with Crippen LogP contribution in [-0.4, -0.2) is 28.4 Å². The largest absolute Gasteiger partial charge is 0.481 e. The van der Waals surface area contributed by atoms with E-state index in [1.807, 2.05) is 0 Å². The van der Waals surface area contributed by atoms with E-state index in [9.17, 15) is 14.4 Å². The monoisotopic (exact) mass is 275 g/mol. The minimum absolute atomic E-state index is 0.104. The molecule has 2 atom stereocenters. The summed E-state index contributed by atoms with van der Waals surface area (Å²) in [7, 11) is 0. The second-order valence-corrected chi connectivity index (χ2v) is 4.54. The third-order valence-electron chi connectivity index (χ3n) is 3.22. The van der Waals surface area contributed by atoms with Gasteiger partial charge in [-0.1, -0.05) is 44.2 Å². The van der Waals surface area contributed by atoms with Gasteiger partial charge in [0.1, 0.15) is 5.92 Å². The highest BCUT2D eigenvalue weighted by Gasteiger charge is 2.32. The zero-order valence-corrected chi connectivity index (χ0v) is 11.4. The Morgan fingerprint density at radius 2 is 1.75 bits per heavy atom. The predicted octanol–water partition coefficient (Wildman–Crippen LogP) is 2.06. The Kier molecular flexibility index (Phi) is 5.32. The Labute approximate surface area is 117 Å². The molecule has 5 nitrogen and oxygen atoms in total. The summed E-state index contributed by atoms with van der Waals surface area (Å²) in [5.74, 6) is -4.94. The van der Waals surface area contributed by atoms with Gasteiger partial charge >= 0.3 is 5.97 Å². The molecule has 1 aromatic carbocycles. The number of hydrogen-bond acceptors (Lipinski definition) is 4. The van der Waals surface area contributed by atoms with Crippen molar-refractivity contribution in [3.8, 4) is 0 Å². The maximum absolute atomic E-state index is 12.0. The zero-order chi connectivity index (χ0) is 15.3. The molecule has 0 bridgehead atoms. The lowest BCUT2D eigenvalue weighted by molar-refractivity contribution is -0.140. The van der Waals surface area contributed by atoms with Gasteiger partial charge in [-0.2, -0.15) is 0 Å². The second kappa shape index (κ2) is 6.75. The molecule has 1 aromatic rings. The lowest BCUT2D eigenvalue weighted by Crippen LogP contribution is -2.35. The molecule has 1 rings (SSSR count). The molecule has 0 fully saturated rings. The number of carbonyl (C=O) groups is 3. The molecular formula is C15H17NO4. The molecule has 106 valence electrons. The standard InChI is InChI=1S/C15H17NO4/c1-3-11(15(19)20)12(16)14(18)13(17)9(2)10-7-5-4-6-8-10/h4-9,11,16H,3H2,1-2H3,(H,19,20)/t9?,11-/m0/s1. The highest BCUT2D eigenvalue weighted by atomic mass is 16.4. The van der Waals surface area contributed by atoms with Crippen molar-refractivity contribution < 1.29 is 19.5 Å². The fraction of sp³-hybridized carbons (Fsp3) is 0.333. The number of carbonyl (C=O) groups excluding carboxylic acids is 2. The number of benzene rings is 1. The Balaban J connectivity index is 2.89. The summed E-state index contributed by atoms with van der Waals surface area (Å²) in [5.41, 5.74) is 0.0230. The van der Waals surface area contributed by atoms with Crippen LogP contribution in [0.1, 0.15) is 31.7 Å². The third-order valence-corrected chi connectivity index (χ3v) is 3.22. The minimum Gasteiger partial charge on any atom is -0.481 e. The average Bonchev–Trinajstić information content (AvgIpc) is 2.46. The van der Waals surface area contributed by atoms with Crippen molar-refractivity contribution in [3.05, 3.63) is 35.9 Å². The number of rotatable bonds is 7. The molecule has 5 heteroatoms. The Morgan fingerprint density at radius 1 is 1.20 bits per heavy atom. The number of aliphatic carboxylic acids is 1. The zero-order valence-electron chi connectivity index (χ0n) is 11.4. The molecule has 0 spiro atoms. The summed E-state index contributed by atoms with van der Waals surface area (Å²) < 4.78 is 0. The number of Topliss-reactive ketones (excluding diaryl/α,β-unsaturated/α-hetero) is 2. The van der Waals surface area contributed by atoms with E-state index >= 15 is 0 Å². The number of hydrogen-bond donors (Lipinski definition) is 2.